The molecule has 4 nitrogen and oxygen atoms in total. The number of pyridine rings is 1. The first-order valence-corrected chi connectivity index (χ1v) is 6.50. The number of fused-ring (bicyclic) bond motifs is 1. The summed E-state index contributed by atoms with van der Waals surface area (Å²) in [5, 5.41) is 0. The van der Waals surface area contributed by atoms with Crippen LogP contribution < -0.4 is 0 Å². The van der Waals surface area contributed by atoms with Crippen LogP contribution in [0.5, 0.6) is 0 Å². The van der Waals surface area contributed by atoms with Gasteiger partial charge in [0.15, 0.2) is 0 Å². The van der Waals surface area contributed by atoms with Crippen molar-refractivity contribution in [2.24, 2.45) is 11.8 Å². The predicted octanol–water partition coefficient (Wildman–Crippen LogP) is 1.88. The van der Waals surface area contributed by atoms with Gasteiger partial charge in [-0.3, -0.25) is 19.5 Å². The maximum absolute atomic E-state index is 12.1. The Bertz CT molecular complexity index is 577. The van der Waals surface area contributed by atoms with E-state index in [1.807, 2.05) is 18.3 Å². The highest BCUT2D eigenvalue weighted by Gasteiger charge is 2.47. The highest BCUT2D eigenvalue weighted by Crippen LogP contribution is 2.43. The van der Waals surface area contributed by atoms with Crippen LogP contribution in [0.2, 0.25) is 0 Å². The molecule has 0 saturated carbocycles. The molecule has 3 rings (SSSR count). The zero-order valence-corrected chi connectivity index (χ0v) is 11.1. The van der Waals surface area contributed by atoms with Gasteiger partial charge in [-0.25, -0.2) is 0 Å². The molecule has 0 bridgehead atoms. The third kappa shape index (κ3) is 1.79. The van der Waals surface area contributed by atoms with E-state index in [-0.39, 0.29) is 23.7 Å². The monoisotopic (exact) mass is 256 g/mol. The molecule has 0 spiro atoms. The minimum Gasteiger partial charge on any atom is -0.285 e. The van der Waals surface area contributed by atoms with Gasteiger partial charge in [-0.05, 0) is 37.0 Å². The van der Waals surface area contributed by atoms with Gasteiger partial charge < -0.3 is 0 Å². The van der Waals surface area contributed by atoms with E-state index in [0.29, 0.717) is 12.8 Å². The highest BCUT2D eigenvalue weighted by molar-refractivity contribution is 6.06. The quantitative estimate of drug-likeness (QED) is 0.721. The van der Waals surface area contributed by atoms with Crippen molar-refractivity contribution in [2.45, 2.75) is 19.8 Å². The van der Waals surface area contributed by atoms with Crippen molar-refractivity contribution in [1.29, 1.82) is 0 Å². The van der Waals surface area contributed by atoms with Gasteiger partial charge in [0.25, 0.3) is 0 Å². The summed E-state index contributed by atoms with van der Waals surface area (Å²) in [6.45, 7) is 2.05. The second kappa shape index (κ2) is 4.30. The van der Waals surface area contributed by atoms with Gasteiger partial charge in [-0.2, -0.15) is 0 Å². The molecular weight excluding hydrogens is 240 g/mol. The largest absolute Gasteiger partial charge is 0.285 e. The van der Waals surface area contributed by atoms with E-state index < -0.39 is 0 Å². The second-order valence-corrected chi connectivity index (χ2v) is 5.36. The molecule has 2 amide bonds. The molecule has 1 aromatic rings. The number of likely N-dealkylation sites (tertiary alicyclic amines) is 1. The average Bonchev–Trinajstić information content (AvgIpc) is 2.64. The van der Waals surface area contributed by atoms with Crippen LogP contribution in [-0.2, 0) is 9.59 Å². The first kappa shape index (κ1) is 12.1. The fourth-order valence-electron chi connectivity index (χ4n) is 3.16. The summed E-state index contributed by atoms with van der Waals surface area (Å²) in [6, 6.07) is 3.91. The normalized spacial score (nSPS) is 26.9. The van der Waals surface area contributed by atoms with Gasteiger partial charge in [0.2, 0.25) is 11.8 Å². The molecule has 1 aliphatic heterocycles. The van der Waals surface area contributed by atoms with Gasteiger partial charge in [0.05, 0.1) is 11.8 Å². The summed E-state index contributed by atoms with van der Waals surface area (Å²) in [4.78, 5) is 29.5. The lowest BCUT2D eigenvalue weighted by atomic mass is 9.76. The summed E-state index contributed by atoms with van der Waals surface area (Å²) in [6.07, 6.45) is 4.90. The molecule has 2 heterocycles. The van der Waals surface area contributed by atoms with Gasteiger partial charge in [-0.1, -0.05) is 11.6 Å². The maximum Gasteiger partial charge on any atom is 0.233 e. The van der Waals surface area contributed by atoms with E-state index in [0.717, 1.165) is 5.56 Å². The molecular formula is C15H16N2O2. The van der Waals surface area contributed by atoms with Crippen molar-refractivity contribution in [2.75, 3.05) is 7.05 Å². The van der Waals surface area contributed by atoms with Crippen LogP contribution in [-0.4, -0.2) is 28.7 Å². The predicted molar refractivity (Wildman–Crippen MR) is 70.8 cm³/mol. The Labute approximate surface area is 112 Å². The number of hydrogen-bond acceptors (Lipinski definition) is 3. The minimum atomic E-state index is -0.184. The third-order valence-corrected chi connectivity index (χ3v) is 4.26. The Hall–Kier alpha value is -1.97. The number of carbonyl (C=O) groups is 2. The Morgan fingerprint density at radius 2 is 1.89 bits per heavy atom. The van der Waals surface area contributed by atoms with E-state index in [1.54, 1.807) is 13.2 Å². The second-order valence-electron chi connectivity index (χ2n) is 5.36. The van der Waals surface area contributed by atoms with Crippen LogP contribution in [0.15, 0.2) is 30.1 Å². The Balaban J connectivity index is 1.98. The molecule has 98 valence electrons. The summed E-state index contributed by atoms with van der Waals surface area (Å²) < 4.78 is 0. The standard InChI is InChI=1S/C15H16N2O2/c1-9-6-12-13(15(19)17(2)14(12)18)7-11(9)10-4-3-5-16-8-10/h3-5,8,12-13H,6-7H2,1-2H3/t12-,13+/m0/s1. The van der Waals surface area contributed by atoms with E-state index in [4.69, 9.17) is 0 Å². The fourth-order valence-corrected chi connectivity index (χ4v) is 3.16. The number of allylic oxidation sites excluding steroid dienone is 2. The smallest absolute Gasteiger partial charge is 0.233 e. The van der Waals surface area contributed by atoms with Crippen molar-refractivity contribution in [3.05, 3.63) is 35.7 Å². The molecule has 0 N–H and O–H groups in total. The van der Waals surface area contributed by atoms with Gasteiger partial charge in [-0.15, -0.1) is 0 Å². The topological polar surface area (TPSA) is 50.3 Å². The van der Waals surface area contributed by atoms with Crippen molar-refractivity contribution >= 4 is 17.4 Å². The number of amides is 2. The lowest BCUT2D eigenvalue weighted by Crippen LogP contribution is -2.26. The number of hydrogen-bond donors (Lipinski definition) is 0. The molecule has 2 aliphatic rings. The first-order chi connectivity index (χ1) is 9.09. The zero-order chi connectivity index (χ0) is 13.6. The summed E-state index contributed by atoms with van der Waals surface area (Å²) in [5.41, 5.74) is 3.43. The molecule has 2 atom stereocenters. The molecule has 0 radical (unpaired) electrons. The van der Waals surface area contributed by atoms with Crippen LogP contribution in [0, 0.1) is 11.8 Å². The molecule has 19 heavy (non-hydrogen) atoms. The van der Waals surface area contributed by atoms with Gasteiger partial charge >= 0.3 is 0 Å². The van der Waals surface area contributed by atoms with E-state index in [9.17, 15) is 9.59 Å². The van der Waals surface area contributed by atoms with Crippen LogP contribution >= 0.6 is 0 Å². The highest BCUT2D eigenvalue weighted by atomic mass is 16.2. The minimum absolute atomic E-state index is 0.0282. The lowest BCUT2D eigenvalue weighted by molar-refractivity contribution is -0.138. The molecule has 1 aliphatic carbocycles. The molecule has 4 heteroatoms. The average molecular weight is 256 g/mol. The van der Waals surface area contributed by atoms with Crippen LogP contribution in [0.4, 0.5) is 0 Å². The molecule has 1 aromatic heterocycles. The van der Waals surface area contributed by atoms with Gasteiger partial charge in [0.1, 0.15) is 0 Å². The first-order valence-electron chi connectivity index (χ1n) is 6.50. The number of imide groups is 1. The molecule has 0 aromatic carbocycles. The Kier molecular flexibility index (Phi) is 2.73. The van der Waals surface area contributed by atoms with E-state index >= 15 is 0 Å². The Morgan fingerprint density at radius 1 is 1.21 bits per heavy atom. The van der Waals surface area contributed by atoms with E-state index in [1.165, 1.54) is 16.0 Å². The number of aromatic nitrogens is 1. The fraction of sp³-hybridized carbons (Fsp3) is 0.400. The molecule has 1 saturated heterocycles. The van der Waals surface area contributed by atoms with Crippen molar-refractivity contribution < 1.29 is 9.59 Å². The Morgan fingerprint density at radius 3 is 2.53 bits per heavy atom. The van der Waals surface area contributed by atoms with Crippen molar-refractivity contribution in [3.63, 3.8) is 0 Å². The summed E-state index contributed by atoms with van der Waals surface area (Å²) in [7, 11) is 1.59. The lowest BCUT2D eigenvalue weighted by Gasteiger charge is -2.25. The van der Waals surface area contributed by atoms with E-state index in [2.05, 4.69) is 11.9 Å². The van der Waals surface area contributed by atoms with Crippen LogP contribution in [0.3, 0.4) is 0 Å². The van der Waals surface area contributed by atoms with Crippen molar-refractivity contribution in [1.82, 2.24) is 9.88 Å². The SMILES string of the molecule is CC1=C(c2cccnc2)C[C@H]2C(=O)N(C)C(=O)[C@H]2C1. The maximum atomic E-state index is 12.1. The summed E-state index contributed by atoms with van der Waals surface area (Å²) in [5.74, 6) is -0.405. The number of rotatable bonds is 1. The zero-order valence-electron chi connectivity index (χ0n) is 11.1. The molecule has 1 fully saturated rings. The van der Waals surface area contributed by atoms with Gasteiger partial charge in [0, 0.05) is 19.4 Å². The summed E-state index contributed by atoms with van der Waals surface area (Å²) >= 11 is 0. The van der Waals surface area contributed by atoms with Crippen LogP contribution in [0.1, 0.15) is 25.3 Å². The number of nitrogens with zero attached hydrogens (tertiary/aromatic N) is 2. The number of carbonyl (C=O) groups excluding carboxylic acids is 2. The van der Waals surface area contributed by atoms with Crippen LogP contribution in [0.25, 0.3) is 5.57 Å². The van der Waals surface area contributed by atoms with Crippen molar-refractivity contribution in [3.8, 4) is 0 Å². The third-order valence-electron chi connectivity index (χ3n) is 4.26. The molecule has 0 unspecified atom stereocenters.